The van der Waals surface area contributed by atoms with Crippen LogP contribution in [0.5, 0.6) is 5.75 Å². The van der Waals surface area contributed by atoms with E-state index < -0.39 is 15.9 Å². The molecule has 3 aromatic rings. The minimum absolute atomic E-state index is 0.0392. The van der Waals surface area contributed by atoms with E-state index >= 15 is 0 Å². The molecule has 0 saturated heterocycles. The third kappa shape index (κ3) is 5.32. The van der Waals surface area contributed by atoms with Gasteiger partial charge >= 0.3 is 0 Å². The van der Waals surface area contributed by atoms with Gasteiger partial charge in [0.2, 0.25) is 0 Å². The first-order valence-corrected chi connectivity index (χ1v) is 11.1. The second-order valence-corrected chi connectivity index (χ2v) is 8.89. The van der Waals surface area contributed by atoms with Crippen molar-refractivity contribution in [2.75, 3.05) is 23.3 Å². The molecule has 3 aromatic carbocycles. The lowest BCUT2D eigenvalue weighted by molar-refractivity contribution is 0.102. The van der Waals surface area contributed by atoms with Crippen LogP contribution in [0.4, 0.5) is 11.4 Å². The number of amides is 1. The van der Waals surface area contributed by atoms with Crippen LogP contribution in [0.15, 0.2) is 90.3 Å². The third-order valence-corrected chi connectivity index (χ3v) is 6.38. The lowest BCUT2D eigenvalue weighted by Gasteiger charge is -2.20. The summed E-state index contributed by atoms with van der Waals surface area (Å²) in [6, 6.07) is 20.1. The highest BCUT2D eigenvalue weighted by molar-refractivity contribution is 7.92. The van der Waals surface area contributed by atoms with Crippen LogP contribution in [-0.2, 0) is 10.0 Å². The van der Waals surface area contributed by atoms with Crippen LogP contribution in [0.3, 0.4) is 0 Å². The van der Waals surface area contributed by atoms with Crippen LogP contribution >= 0.6 is 0 Å². The van der Waals surface area contributed by atoms with E-state index in [1.54, 1.807) is 60.7 Å². The van der Waals surface area contributed by atoms with Crippen molar-refractivity contribution in [1.82, 2.24) is 0 Å². The van der Waals surface area contributed by atoms with E-state index in [9.17, 15) is 13.2 Å². The van der Waals surface area contributed by atoms with Crippen molar-refractivity contribution in [2.24, 2.45) is 0 Å². The molecule has 0 bridgehead atoms. The summed E-state index contributed by atoms with van der Waals surface area (Å²) < 4.78 is 32.8. The van der Waals surface area contributed by atoms with Gasteiger partial charge in [0.25, 0.3) is 15.9 Å². The Labute approximate surface area is 182 Å². The fourth-order valence-corrected chi connectivity index (χ4v) is 4.15. The number of hydrogen-bond acceptors (Lipinski definition) is 4. The van der Waals surface area contributed by atoms with E-state index in [0.29, 0.717) is 23.7 Å². The molecule has 1 amide bonds. The van der Waals surface area contributed by atoms with Crippen LogP contribution < -0.4 is 14.4 Å². The predicted octanol–water partition coefficient (Wildman–Crippen LogP) is 4.64. The summed E-state index contributed by atoms with van der Waals surface area (Å²) in [7, 11) is -2.33. The molecule has 0 spiro atoms. The number of nitrogens with one attached hydrogen (secondary N) is 1. The lowest BCUT2D eigenvalue weighted by atomic mass is 10.2. The zero-order valence-corrected chi connectivity index (χ0v) is 18.2. The first-order chi connectivity index (χ1) is 14.8. The Balaban J connectivity index is 1.78. The Bertz CT molecular complexity index is 1190. The van der Waals surface area contributed by atoms with Gasteiger partial charge in [-0.15, -0.1) is 0 Å². The number of carbonyl (C=O) groups excluding carboxylic acids is 1. The Hall–Kier alpha value is -3.58. The van der Waals surface area contributed by atoms with E-state index in [1.807, 2.05) is 13.0 Å². The fraction of sp³-hybridized carbons (Fsp3) is 0.125. The first-order valence-electron chi connectivity index (χ1n) is 9.62. The summed E-state index contributed by atoms with van der Waals surface area (Å²) in [5, 5.41) is 2.77. The van der Waals surface area contributed by atoms with Gasteiger partial charge in [-0.3, -0.25) is 9.10 Å². The first kappa shape index (κ1) is 22.1. The molecule has 0 fully saturated rings. The highest BCUT2D eigenvalue weighted by atomic mass is 32.2. The Morgan fingerprint density at radius 1 is 1.06 bits per heavy atom. The molecular weight excluding hydrogens is 412 g/mol. The topological polar surface area (TPSA) is 75.7 Å². The average molecular weight is 437 g/mol. The van der Waals surface area contributed by atoms with Crippen molar-refractivity contribution in [3.8, 4) is 5.75 Å². The Kier molecular flexibility index (Phi) is 6.77. The van der Waals surface area contributed by atoms with Gasteiger partial charge in [-0.25, -0.2) is 8.42 Å². The minimum atomic E-state index is -3.82. The summed E-state index contributed by atoms with van der Waals surface area (Å²) in [5.41, 5.74) is 2.31. The summed E-state index contributed by atoms with van der Waals surface area (Å²) in [5.74, 6) is 0.250. The monoisotopic (exact) mass is 436 g/mol. The number of carbonyl (C=O) groups is 1. The van der Waals surface area contributed by atoms with Gasteiger partial charge in [0, 0.05) is 18.3 Å². The van der Waals surface area contributed by atoms with Gasteiger partial charge < -0.3 is 10.1 Å². The van der Waals surface area contributed by atoms with Crippen molar-refractivity contribution >= 4 is 27.3 Å². The third-order valence-electron chi connectivity index (χ3n) is 4.60. The molecule has 0 heterocycles. The van der Waals surface area contributed by atoms with Crippen LogP contribution in [0.1, 0.15) is 15.9 Å². The predicted molar refractivity (Wildman–Crippen MR) is 123 cm³/mol. The molecule has 0 aliphatic carbocycles. The number of aryl methyl sites for hydroxylation is 1. The minimum Gasteiger partial charge on any atom is -0.490 e. The van der Waals surface area contributed by atoms with Crippen LogP contribution in [0, 0.1) is 6.92 Å². The highest BCUT2D eigenvalue weighted by Crippen LogP contribution is 2.24. The number of nitrogens with zero attached hydrogens (tertiary/aromatic N) is 1. The maximum Gasteiger partial charge on any atom is 0.264 e. The van der Waals surface area contributed by atoms with Gasteiger partial charge in [-0.05, 0) is 67.1 Å². The molecule has 0 saturated carbocycles. The second kappa shape index (κ2) is 9.49. The molecule has 6 nitrogen and oxygen atoms in total. The number of rotatable bonds is 8. The summed E-state index contributed by atoms with van der Waals surface area (Å²) >= 11 is 0. The van der Waals surface area contributed by atoms with Crippen LogP contribution in [0.25, 0.3) is 0 Å². The molecule has 7 heteroatoms. The molecule has 3 rings (SSSR count). The lowest BCUT2D eigenvalue weighted by Crippen LogP contribution is -2.27. The molecule has 0 aromatic heterocycles. The van der Waals surface area contributed by atoms with Crippen molar-refractivity contribution in [3.63, 3.8) is 0 Å². The van der Waals surface area contributed by atoms with Gasteiger partial charge in [-0.1, -0.05) is 30.9 Å². The van der Waals surface area contributed by atoms with Crippen LogP contribution in [0.2, 0.25) is 0 Å². The number of anilines is 2. The van der Waals surface area contributed by atoms with Crippen molar-refractivity contribution in [3.05, 3.63) is 96.6 Å². The van der Waals surface area contributed by atoms with Gasteiger partial charge in [0.1, 0.15) is 12.4 Å². The Morgan fingerprint density at radius 3 is 2.45 bits per heavy atom. The normalized spacial score (nSPS) is 10.9. The fourth-order valence-electron chi connectivity index (χ4n) is 2.91. The number of benzene rings is 3. The number of hydrogen-bond donors (Lipinski definition) is 1. The molecule has 0 unspecified atom stereocenters. The zero-order chi connectivity index (χ0) is 22.4. The summed E-state index contributed by atoms with van der Waals surface area (Å²) in [6.07, 6.45) is 1.65. The standard InChI is InChI=1S/C24H24N2O4S/c1-4-15-30-22-13-11-20(12-14-22)25-24(27)19-8-6-10-23(17-19)31(28,29)26(3)21-9-5-7-18(2)16-21/h4-14,16-17H,1,15H2,2-3H3,(H,25,27). The molecular formula is C24H24N2O4S. The van der Waals surface area contributed by atoms with E-state index in [-0.39, 0.29) is 10.5 Å². The van der Waals surface area contributed by atoms with Crippen molar-refractivity contribution in [2.45, 2.75) is 11.8 Å². The highest BCUT2D eigenvalue weighted by Gasteiger charge is 2.22. The van der Waals surface area contributed by atoms with E-state index in [1.165, 1.54) is 23.5 Å². The molecule has 31 heavy (non-hydrogen) atoms. The Morgan fingerprint density at radius 2 is 1.77 bits per heavy atom. The quantitative estimate of drug-likeness (QED) is 0.522. The van der Waals surface area contributed by atoms with Crippen molar-refractivity contribution in [1.29, 1.82) is 0 Å². The van der Waals surface area contributed by atoms with Gasteiger partial charge in [-0.2, -0.15) is 0 Å². The summed E-state index contributed by atoms with van der Waals surface area (Å²) in [6.45, 7) is 5.88. The van der Waals surface area contributed by atoms with Crippen LogP contribution in [-0.4, -0.2) is 28.0 Å². The number of sulfonamides is 1. The molecule has 1 N–H and O–H groups in total. The molecule has 0 radical (unpaired) electrons. The van der Waals surface area contributed by atoms with E-state index in [4.69, 9.17) is 4.74 Å². The average Bonchev–Trinajstić information content (AvgIpc) is 2.78. The molecule has 0 atom stereocenters. The smallest absolute Gasteiger partial charge is 0.264 e. The summed E-state index contributed by atoms with van der Waals surface area (Å²) in [4.78, 5) is 12.7. The largest absolute Gasteiger partial charge is 0.490 e. The molecule has 0 aliphatic rings. The van der Waals surface area contributed by atoms with E-state index in [0.717, 1.165) is 5.56 Å². The maximum atomic E-state index is 13.1. The molecule has 160 valence electrons. The van der Waals surface area contributed by atoms with E-state index in [2.05, 4.69) is 11.9 Å². The zero-order valence-electron chi connectivity index (χ0n) is 17.4. The number of ether oxygens (including phenoxy) is 1. The maximum absolute atomic E-state index is 13.1. The SMILES string of the molecule is C=CCOc1ccc(NC(=O)c2cccc(S(=O)(=O)N(C)c3cccc(C)c3)c2)cc1. The van der Waals surface area contributed by atoms with Gasteiger partial charge in [0.05, 0.1) is 10.6 Å². The van der Waals surface area contributed by atoms with Gasteiger partial charge in [0.15, 0.2) is 0 Å². The second-order valence-electron chi connectivity index (χ2n) is 6.92. The van der Waals surface area contributed by atoms with Crippen molar-refractivity contribution < 1.29 is 17.9 Å². The molecule has 0 aliphatic heterocycles.